The number of aromatic nitrogens is 5. The number of carbonyl (C=O) groups is 1. The van der Waals surface area contributed by atoms with Crippen LogP contribution in [0.4, 0.5) is 0 Å². The monoisotopic (exact) mass is 460 g/mol. The van der Waals surface area contributed by atoms with Crippen molar-refractivity contribution in [2.24, 2.45) is 0 Å². The van der Waals surface area contributed by atoms with Crippen LogP contribution in [0.15, 0.2) is 53.3 Å². The number of hydrogen-bond acceptors (Lipinski definition) is 7. The third-order valence-electron chi connectivity index (χ3n) is 5.17. The van der Waals surface area contributed by atoms with E-state index < -0.39 is 0 Å². The Bertz CT molecular complexity index is 1260. The first-order valence-corrected chi connectivity index (χ1v) is 11.2. The van der Waals surface area contributed by atoms with Gasteiger partial charge in [-0.3, -0.25) is 4.79 Å². The van der Waals surface area contributed by atoms with Crippen molar-refractivity contribution in [3.8, 4) is 23.0 Å². The summed E-state index contributed by atoms with van der Waals surface area (Å²) < 4.78 is 12.6. The molecular weight excluding hydrogens is 432 g/mol. The summed E-state index contributed by atoms with van der Waals surface area (Å²) in [5, 5.41) is 11.3. The van der Waals surface area contributed by atoms with Gasteiger partial charge < -0.3 is 14.6 Å². The first-order chi connectivity index (χ1) is 16.3. The first kappa shape index (κ1) is 23.2. The minimum atomic E-state index is -0.199. The zero-order valence-corrected chi connectivity index (χ0v) is 19.9. The van der Waals surface area contributed by atoms with Crippen LogP contribution in [0.1, 0.15) is 61.1 Å². The molecule has 0 unspecified atom stereocenters. The lowest BCUT2D eigenvalue weighted by atomic mass is 10.2. The predicted molar refractivity (Wildman–Crippen MR) is 127 cm³/mol. The van der Waals surface area contributed by atoms with Gasteiger partial charge in [0.1, 0.15) is 5.75 Å². The van der Waals surface area contributed by atoms with Crippen molar-refractivity contribution in [3.05, 3.63) is 71.4 Å². The van der Waals surface area contributed by atoms with E-state index in [0.717, 1.165) is 16.9 Å². The molecule has 9 heteroatoms. The third kappa shape index (κ3) is 5.14. The van der Waals surface area contributed by atoms with Gasteiger partial charge in [-0.2, -0.15) is 10.1 Å². The van der Waals surface area contributed by atoms with Crippen LogP contribution < -0.4 is 10.1 Å². The minimum absolute atomic E-state index is 0.118. The molecule has 0 fully saturated rings. The summed E-state index contributed by atoms with van der Waals surface area (Å²) in [5.74, 6) is 2.44. The van der Waals surface area contributed by atoms with Gasteiger partial charge in [-0.05, 0) is 50.6 Å². The summed E-state index contributed by atoms with van der Waals surface area (Å²) in [5.41, 5.74) is 2.88. The molecule has 0 aliphatic rings. The molecule has 0 bridgehead atoms. The van der Waals surface area contributed by atoms with Crippen molar-refractivity contribution in [1.82, 2.24) is 30.2 Å². The van der Waals surface area contributed by atoms with Gasteiger partial charge in [-0.25, -0.2) is 9.67 Å². The molecule has 0 radical (unpaired) electrons. The van der Waals surface area contributed by atoms with Crippen molar-refractivity contribution in [2.45, 2.75) is 53.2 Å². The Kier molecular flexibility index (Phi) is 6.72. The maximum absolute atomic E-state index is 12.8. The zero-order chi connectivity index (χ0) is 24.2. The predicted octanol–water partition coefficient (Wildman–Crippen LogP) is 4.47. The molecule has 3 heterocycles. The van der Waals surface area contributed by atoms with Crippen molar-refractivity contribution in [2.75, 3.05) is 0 Å². The highest BCUT2D eigenvalue weighted by Crippen LogP contribution is 2.21. The summed E-state index contributed by atoms with van der Waals surface area (Å²) in [4.78, 5) is 21.6. The fraction of sp³-hybridized carbons (Fsp3) is 0.320. The first-order valence-electron chi connectivity index (χ1n) is 11.2. The highest BCUT2D eigenvalue weighted by atomic mass is 16.5. The van der Waals surface area contributed by atoms with Gasteiger partial charge in [-0.1, -0.05) is 31.1 Å². The fourth-order valence-corrected chi connectivity index (χ4v) is 3.32. The number of nitrogens with one attached hydrogen (secondary N) is 1. The van der Waals surface area contributed by atoms with Crippen LogP contribution >= 0.6 is 0 Å². The number of nitrogens with zero attached hydrogens (tertiary/aromatic N) is 5. The van der Waals surface area contributed by atoms with Gasteiger partial charge >= 0.3 is 0 Å². The van der Waals surface area contributed by atoms with E-state index in [4.69, 9.17) is 9.26 Å². The molecule has 176 valence electrons. The number of carbonyl (C=O) groups excluding carboxylic acids is 1. The van der Waals surface area contributed by atoms with Gasteiger partial charge in [0, 0.05) is 18.7 Å². The Morgan fingerprint density at radius 1 is 1.09 bits per heavy atom. The summed E-state index contributed by atoms with van der Waals surface area (Å²) >= 11 is 0. The molecule has 1 aromatic carbocycles. The Balaban J connectivity index is 1.42. The smallest absolute Gasteiger partial charge is 0.259 e. The molecule has 0 aliphatic heterocycles. The standard InChI is InChI=1S/C25H28N6O3/c1-15(2)23-29-25(34-30-23)19-8-11-22(26-13-19)31-17(5)21(14-28-31)24(32)27-12-18-6-9-20(10-7-18)33-16(3)4/h6-11,13-16H,12H2,1-5H3,(H,27,32). The average molecular weight is 461 g/mol. The molecule has 1 amide bonds. The lowest BCUT2D eigenvalue weighted by Gasteiger charge is -2.10. The summed E-state index contributed by atoms with van der Waals surface area (Å²) in [7, 11) is 0. The van der Waals surface area contributed by atoms with Crippen LogP contribution in [0, 0.1) is 6.92 Å². The van der Waals surface area contributed by atoms with Crippen LogP contribution in [0.5, 0.6) is 5.75 Å². The molecule has 0 aliphatic carbocycles. The largest absolute Gasteiger partial charge is 0.491 e. The molecule has 0 saturated heterocycles. The third-order valence-corrected chi connectivity index (χ3v) is 5.17. The summed E-state index contributed by atoms with van der Waals surface area (Å²) in [6.45, 7) is 10.2. The van der Waals surface area contributed by atoms with E-state index >= 15 is 0 Å². The number of ether oxygens (including phenoxy) is 1. The van der Waals surface area contributed by atoms with Crippen LogP contribution in [-0.4, -0.2) is 36.9 Å². The molecule has 1 N–H and O–H groups in total. The molecule has 3 aromatic heterocycles. The highest BCUT2D eigenvalue weighted by Gasteiger charge is 2.17. The van der Waals surface area contributed by atoms with Crippen molar-refractivity contribution in [1.29, 1.82) is 0 Å². The Morgan fingerprint density at radius 3 is 2.47 bits per heavy atom. The average Bonchev–Trinajstić information content (AvgIpc) is 3.46. The van der Waals surface area contributed by atoms with E-state index in [-0.39, 0.29) is 17.9 Å². The number of rotatable bonds is 8. The minimum Gasteiger partial charge on any atom is -0.491 e. The molecule has 4 aromatic rings. The number of benzene rings is 1. The van der Waals surface area contributed by atoms with E-state index in [2.05, 4.69) is 25.5 Å². The lowest BCUT2D eigenvalue weighted by Crippen LogP contribution is -2.23. The van der Waals surface area contributed by atoms with Gasteiger partial charge in [0.25, 0.3) is 11.8 Å². The van der Waals surface area contributed by atoms with Crippen LogP contribution in [0.3, 0.4) is 0 Å². The molecule has 34 heavy (non-hydrogen) atoms. The van der Waals surface area contributed by atoms with E-state index in [1.165, 1.54) is 0 Å². The van der Waals surface area contributed by atoms with Gasteiger partial charge in [0.15, 0.2) is 11.6 Å². The van der Waals surface area contributed by atoms with E-state index in [0.29, 0.717) is 35.3 Å². The van der Waals surface area contributed by atoms with Crippen molar-refractivity contribution >= 4 is 5.91 Å². The van der Waals surface area contributed by atoms with Crippen molar-refractivity contribution in [3.63, 3.8) is 0 Å². The second-order valence-corrected chi connectivity index (χ2v) is 8.57. The van der Waals surface area contributed by atoms with Crippen molar-refractivity contribution < 1.29 is 14.1 Å². The molecule has 0 atom stereocenters. The maximum Gasteiger partial charge on any atom is 0.259 e. The highest BCUT2D eigenvalue weighted by molar-refractivity contribution is 5.95. The van der Waals surface area contributed by atoms with Crippen LogP contribution in [0.25, 0.3) is 17.3 Å². The fourth-order valence-electron chi connectivity index (χ4n) is 3.32. The number of pyridine rings is 1. The van der Waals surface area contributed by atoms with Crippen LogP contribution in [0.2, 0.25) is 0 Å². The maximum atomic E-state index is 12.8. The number of hydrogen-bond donors (Lipinski definition) is 1. The Labute approximate surface area is 198 Å². The van der Waals surface area contributed by atoms with Crippen LogP contribution in [-0.2, 0) is 6.54 Å². The molecule has 9 nitrogen and oxygen atoms in total. The van der Waals surface area contributed by atoms with Gasteiger partial charge in [0.2, 0.25) is 0 Å². The molecule has 4 rings (SSSR count). The summed E-state index contributed by atoms with van der Waals surface area (Å²) in [6, 6.07) is 11.3. The lowest BCUT2D eigenvalue weighted by molar-refractivity contribution is 0.0950. The summed E-state index contributed by atoms with van der Waals surface area (Å²) in [6.07, 6.45) is 3.32. The Hall–Kier alpha value is -4.01. The van der Waals surface area contributed by atoms with E-state index in [9.17, 15) is 4.79 Å². The second kappa shape index (κ2) is 9.86. The molecule has 0 spiro atoms. The van der Waals surface area contributed by atoms with E-state index in [1.807, 2.05) is 65.0 Å². The topological polar surface area (TPSA) is 108 Å². The normalized spacial score (nSPS) is 11.3. The van der Waals surface area contributed by atoms with E-state index in [1.54, 1.807) is 23.1 Å². The van der Waals surface area contributed by atoms with Gasteiger partial charge in [0.05, 0.1) is 29.1 Å². The quantitative estimate of drug-likeness (QED) is 0.413. The second-order valence-electron chi connectivity index (χ2n) is 8.57. The zero-order valence-electron chi connectivity index (χ0n) is 19.9. The SMILES string of the molecule is Cc1c(C(=O)NCc2ccc(OC(C)C)cc2)cnn1-c1ccc(-c2nc(C(C)C)no2)cn1. The Morgan fingerprint density at radius 2 is 1.85 bits per heavy atom. The molecule has 0 saturated carbocycles. The van der Waals surface area contributed by atoms with Gasteiger partial charge in [-0.15, -0.1) is 0 Å². The molecular formula is C25H28N6O3. The number of amides is 1.